The number of fused-ring (bicyclic) bond motifs is 1. The van der Waals surface area contributed by atoms with E-state index in [0.717, 1.165) is 16.0 Å². The smallest absolute Gasteiger partial charge is 0.319 e. The Labute approximate surface area is 176 Å². The van der Waals surface area contributed by atoms with Crippen molar-refractivity contribution in [2.24, 2.45) is 0 Å². The van der Waals surface area contributed by atoms with Gasteiger partial charge in [0, 0.05) is 0 Å². The quantitative estimate of drug-likeness (QED) is 0.436. The Hall–Kier alpha value is -2.94. The van der Waals surface area contributed by atoms with Crippen LogP contribution in [0, 0.1) is 11.3 Å². The molecule has 0 bridgehead atoms. The molecule has 0 fully saturated rings. The predicted molar refractivity (Wildman–Crippen MR) is 123 cm³/mol. The molecule has 4 rings (SSSR count). The van der Waals surface area contributed by atoms with Crippen LogP contribution >= 0.6 is 11.3 Å². The highest BCUT2D eigenvalue weighted by atomic mass is 32.1. The second kappa shape index (κ2) is 7.47. The molecule has 4 aromatic rings. The summed E-state index contributed by atoms with van der Waals surface area (Å²) in [6.07, 6.45) is 0. The van der Waals surface area contributed by atoms with Crippen molar-refractivity contribution < 1.29 is 4.43 Å². The van der Waals surface area contributed by atoms with Gasteiger partial charge in [0.2, 0.25) is 0 Å². The molecule has 0 aliphatic rings. The van der Waals surface area contributed by atoms with Gasteiger partial charge in [0.25, 0.3) is 0 Å². The molecule has 0 N–H and O–H groups in total. The van der Waals surface area contributed by atoms with Crippen molar-refractivity contribution in [3.63, 3.8) is 0 Å². The van der Waals surface area contributed by atoms with Crippen molar-refractivity contribution >= 4 is 40.2 Å². The molecule has 0 aliphatic carbocycles. The average molecular weight is 415 g/mol. The van der Waals surface area contributed by atoms with E-state index in [4.69, 9.17) is 4.43 Å². The standard InChI is InChI=1S/C24H22N2OSSi/c1-24(2,3)29(19-10-6-4-7-11-19,20-12-8-5-9-13-20)27-18-14-15-21-22(16-18)28-23(17-25)26-21/h4-16H,1-3H3. The molecule has 0 aliphatic heterocycles. The number of hydrogen-bond donors (Lipinski definition) is 0. The lowest BCUT2D eigenvalue weighted by atomic mass is 10.2. The first kappa shape index (κ1) is 19.4. The van der Waals surface area contributed by atoms with E-state index in [-0.39, 0.29) is 5.04 Å². The van der Waals surface area contributed by atoms with Crippen LogP contribution in [0.1, 0.15) is 25.8 Å². The van der Waals surface area contributed by atoms with Crippen LogP contribution in [0.15, 0.2) is 78.9 Å². The van der Waals surface area contributed by atoms with E-state index in [2.05, 4.69) is 80.4 Å². The van der Waals surface area contributed by atoms with Crippen LogP contribution in [-0.4, -0.2) is 13.3 Å². The van der Waals surface area contributed by atoms with Crippen molar-refractivity contribution in [3.05, 3.63) is 83.9 Å². The summed E-state index contributed by atoms with van der Waals surface area (Å²) in [5.74, 6) is 0.819. The molecule has 5 heteroatoms. The fourth-order valence-electron chi connectivity index (χ4n) is 3.84. The molecule has 29 heavy (non-hydrogen) atoms. The summed E-state index contributed by atoms with van der Waals surface area (Å²) >= 11 is 1.40. The maximum Gasteiger partial charge on any atom is 0.319 e. The van der Waals surface area contributed by atoms with Crippen molar-refractivity contribution in [3.8, 4) is 11.8 Å². The number of aromatic nitrogens is 1. The minimum atomic E-state index is -2.66. The number of hydrogen-bond acceptors (Lipinski definition) is 4. The summed E-state index contributed by atoms with van der Waals surface area (Å²) in [4.78, 5) is 4.35. The lowest BCUT2D eigenvalue weighted by molar-refractivity contribution is 0.509. The van der Waals surface area contributed by atoms with Crippen LogP contribution in [-0.2, 0) is 0 Å². The summed E-state index contributed by atoms with van der Waals surface area (Å²) in [7, 11) is -2.66. The highest BCUT2D eigenvalue weighted by molar-refractivity contribution is 7.19. The van der Waals surface area contributed by atoms with E-state index < -0.39 is 8.32 Å². The van der Waals surface area contributed by atoms with E-state index in [1.165, 1.54) is 21.7 Å². The van der Waals surface area contributed by atoms with Gasteiger partial charge >= 0.3 is 8.32 Å². The molecule has 0 unspecified atom stereocenters. The van der Waals surface area contributed by atoms with E-state index >= 15 is 0 Å². The normalized spacial score (nSPS) is 11.9. The lowest BCUT2D eigenvalue weighted by Crippen LogP contribution is -2.68. The van der Waals surface area contributed by atoms with Crippen molar-refractivity contribution in [2.75, 3.05) is 0 Å². The van der Waals surface area contributed by atoms with Crippen LogP contribution < -0.4 is 14.8 Å². The van der Waals surface area contributed by atoms with Gasteiger partial charge in [-0.2, -0.15) is 5.26 Å². The largest absolute Gasteiger partial charge is 0.534 e. The number of benzene rings is 3. The number of nitrogens with zero attached hydrogens (tertiary/aromatic N) is 2. The van der Waals surface area contributed by atoms with Gasteiger partial charge in [0.1, 0.15) is 11.8 Å². The molecule has 0 saturated heterocycles. The Balaban J connectivity index is 1.92. The molecule has 0 atom stereocenters. The monoisotopic (exact) mass is 414 g/mol. The van der Waals surface area contributed by atoms with Gasteiger partial charge in [-0.3, -0.25) is 0 Å². The Morgan fingerprint density at radius 3 is 2.00 bits per heavy atom. The van der Waals surface area contributed by atoms with E-state index in [1.54, 1.807) is 0 Å². The van der Waals surface area contributed by atoms with Gasteiger partial charge in [0.15, 0.2) is 5.01 Å². The molecule has 1 aromatic heterocycles. The molecule has 144 valence electrons. The third kappa shape index (κ3) is 3.46. The topological polar surface area (TPSA) is 45.9 Å². The molecule has 0 radical (unpaired) electrons. The first-order chi connectivity index (χ1) is 13.9. The maximum absolute atomic E-state index is 9.17. The van der Waals surface area contributed by atoms with E-state index in [0.29, 0.717) is 5.01 Å². The molecular formula is C24H22N2OSSi. The molecule has 3 nitrogen and oxygen atoms in total. The van der Waals surface area contributed by atoms with Crippen LogP contribution in [0.3, 0.4) is 0 Å². The van der Waals surface area contributed by atoms with Gasteiger partial charge < -0.3 is 4.43 Å². The SMILES string of the molecule is CC(C)(C)[Si](Oc1ccc2nc(C#N)sc2c1)(c1ccccc1)c1ccccc1. The molecule has 0 amide bonds. The van der Waals surface area contributed by atoms with Crippen LogP contribution in [0.25, 0.3) is 10.2 Å². The Morgan fingerprint density at radius 1 is 0.897 bits per heavy atom. The molecule has 1 heterocycles. The zero-order chi connectivity index (χ0) is 20.5. The van der Waals surface area contributed by atoms with Gasteiger partial charge in [-0.1, -0.05) is 81.4 Å². The summed E-state index contributed by atoms with van der Waals surface area (Å²) in [5.41, 5.74) is 0.835. The molecule has 3 aromatic carbocycles. The Kier molecular flexibility index (Phi) is 4.99. The van der Waals surface area contributed by atoms with Crippen molar-refractivity contribution in [2.45, 2.75) is 25.8 Å². The second-order valence-electron chi connectivity index (χ2n) is 8.03. The summed E-state index contributed by atoms with van der Waals surface area (Å²) in [5, 5.41) is 12.0. The van der Waals surface area contributed by atoms with Crippen molar-refractivity contribution in [1.82, 2.24) is 4.98 Å². The maximum atomic E-state index is 9.17. The number of thiazole rings is 1. The van der Waals surface area contributed by atoms with Gasteiger partial charge in [-0.15, -0.1) is 11.3 Å². The number of rotatable bonds is 4. The third-order valence-corrected chi connectivity index (χ3v) is 11.0. The fraction of sp³-hybridized carbons (Fsp3) is 0.167. The van der Waals surface area contributed by atoms with E-state index in [1.807, 2.05) is 30.3 Å². The molecule has 0 spiro atoms. The highest BCUT2D eigenvalue weighted by Crippen LogP contribution is 2.38. The summed E-state index contributed by atoms with van der Waals surface area (Å²) in [6, 6.07) is 29.2. The average Bonchev–Trinajstić information content (AvgIpc) is 3.15. The van der Waals surface area contributed by atoms with Crippen LogP contribution in [0.2, 0.25) is 5.04 Å². The van der Waals surface area contributed by atoms with Crippen LogP contribution in [0.5, 0.6) is 5.75 Å². The van der Waals surface area contributed by atoms with Crippen molar-refractivity contribution in [1.29, 1.82) is 5.26 Å². The molecular weight excluding hydrogens is 392 g/mol. The molecule has 0 saturated carbocycles. The second-order valence-corrected chi connectivity index (χ2v) is 13.3. The summed E-state index contributed by atoms with van der Waals surface area (Å²) < 4.78 is 7.99. The zero-order valence-corrected chi connectivity index (χ0v) is 18.5. The third-order valence-electron chi connectivity index (χ3n) is 5.14. The highest BCUT2D eigenvalue weighted by Gasteiger charge is 2.52. The van der Waals surface area contributed by atoms with Crippen LogP contribution in [0.4, 0.5) is 0 Å². The van der Waals surface area contributed by atoms with E-state index in [9.17, 15) is 5.26 Å². The summed E-state index contributed by atoms with van der Waals surface area (Å²) in [6.45, 7) is 6.79. The fourth-order valence-corrected chi connectivity index (χ4v) is 9.05. The van der Waals surface area contributed by atoms with Gasteiger partial charge in [-0.05, 0) is 33.6 Å². The Bertz CT molecular complexity index is 1130. The predicted octanol–water partition coefficient (Wildman–Crippen LogP) is 5.11. The lowest BCUT2D eigenvalue weighted by Gasteiger charge is -2.43. The number of nitriles is 1. The minimum Gasteiger partial charge on any atom is -0.534 e. The first-order valence-corrected chi connectivity index (χ1v) is 12.3. The first-order valence-electron chi connectivity index (χ1n) is 9.55. The Morgan fingerprint density at radius 2 is 1.48 bits per heavy atom. The zero-order valence-electron chi connectivity index (χ0n) is 16.7. The van der Waals surface area contributed by atoms with Gasteiger partial charge in [0.05, 0.1) is 10.2 Å². The minimum absolute atomic E-state index is 0.101. The van der Waals surface area contributed by atoms with Gasteiger partial charge in [-0.25, -0.2) is 4.98 Å².